The van der Waals surface area contributed by atoms with Crippen molar-refractivity contribution in [3.8, 4) is 0 Å². The van der Waals surface area contributed by atoms with Gasteiger partial charge in [0, 0.05) is 12.6 Å². The number of benzene rings is 2. The van der Waals surface area contributed by atoms with Gasteiger partial charge in [0.25, 0.3) is 0 Å². The summed E-state index contributed by atoms with van der Waals surface area (Å²) in [6.45, 7) is 3.10. The van der Waals surface area contributed by atoms with Gasteiger partial charge in [0.05, 0.1) is 0 Å². The number of rotatable bonds is 5. The Bertz CT molecular complexity index is 585. The lowest BCUT2D eigenvalue weighted by Gasteiger charge is -2.36. The van der Waals surface area contributed by atoms with Crippen LogP contribution in [0.15, 0.2) is 48.5 Å². The summed E-state index contributed by atoms with van der Waals surface area (Å²) in [5, 5.41) is 3.59. The number of nitrogens with one attached hydrogen (secondary N) is 1. The minimum Gasteiger partial charge on any atom is -0.310 e. The van der Waals surface area contributed by atoms with Crippen molar-refractivity contribution < 1.29 is 4.39 Å². The average Bonchev–Trinajstić information content (AvgIpc) is 2.46. The summed E-state index contributed by atoms with van der Waals surface area (Å²) < 4.78 is 13.2. The van der Waals surface area contributed by atoms with E-state index < -0.39 is 0 Å². The molecule has 2 aromatic carbocycles. The second kappa shape index (κ2) is 6.40. The van der Waals surface area contributed by atoms with Gasteiger partial charge in [-0.25, -0.2) is 4.39 Å². The van der Waals surface area contributed by atoms with E-state index in [1.54, 1.807) is 12.1 Å². The molecule has 21 heavy (non-hydrogen) atoms. The summed E-state index contributed by atoms with van der Waals surface area (Å²) in [6, 6.07) is 16.4. The molecule has 1 N–H and O–H groups in total. The van der Waals surface area contributed by atoms with Gasteiger partial charge in [-0.1, -0.05) is 43.3 Å². The molecule has 0 spiro atoms. The molecule has 0 aromatic heterocycles. The van der Waals surface area contributed by atoms with Gasteiger partial charge < -0.3 is 5.32 Å². The summed E-state index contributed by atoms with van der Waals surface area (Å²) in [7, 11) is 0. The van der Waals surface area contributed by atoms with E-state index in [-0.39, 0.29) is 5.82 Å². The van der Waals surface area contributed by atoms with Crippen molar-refractivity contribution >= 4 is 0 Å². The number of hydrogen-bond acceptors (Lipinski definition) is 1. The normalized spacial score (nSPS) is 21.0. The third-order valence-electron chi connectivity index (χ3n) is 4.48. The fourth-order valence-corrected chi connectivity index (χ4v) is 2.97. The van der Waals surface area contributed by atoms with Crippen molar-refractivity contribution in [1.82, 2.24) is 5.32 Å². The monoisotopic (exact) mass is 283 g/mol. The van der Waals surface area contributed by atoms with Crippen molar-refractivity contribution in [2.75, 3.05) is 0 Å². The molecule has 0 heterocycles. The van der Waals surface area contributed by atoms with Crippen LogP contribution in [0.3, 0.4) is 0 Å². The van der Waals surface area contributed by atoms with Crippen molar-refractivity contribution in [3.05, 3.63) is 71.0 Å². The quantitative estimate of drug-likeness (QED) is 0.856. The van der Waals surface area contributed by atoms with Gasteiger partial charge in [-0.15, -0.1) is 0 Å². The SMILES string of the molecule is CCc1ccc(CNC2CC(c3cccc(F)c3)C2)cc1. The van der Waals surface area contributed by atoms with E-state index in [1.165, 1.54) is 17.2 Å². The fourth-order valence-electron chi connectivity index (χ4n) is 2.97. The molecule has 3 rings (SSSR count). The Morgan fingerprint density at radius 2 is 1.76 bits per heavy atom. The molecule has 1 fully saturated rings. The van der Waals surface area contributed by atoms with Crippen molar-refractivity contribution in [2.24, 2.45) is 0 Å². The summed E-state index contributed by atoms with van der Waals surface area (Å²) in [6.07, 6.45) is 3.30. The van der Waals surface area contributed by atoms with Gasteiger partial charge in [0.2, 0.25) is 0 Å². The average molecular weight is 283 g/mol. The third-order valence-corrected chi connectivity index (χ3v) is 4.48. The van der Waals surface area contributed by atoms with Gasteiger partial charge in [-0.2, -0.15) is 0 Å². The molecule has 0 aliphatic heterocycles. The maximum absolute atomic E-state index is 13.2. The predicted molar refractivity (Wildman–Crippen MR) is 84.8 cm³/mol. The van der Waals surface area contributed by atoms with Gasteiger partial charge >= 0.3 is 0 Å². The van der Waals surface area contributed by atoms with Crippen molar-refractivity contribution in [2.45, 2.75) is 44.7 Å². The second-order valence-corrected chi connectivity index (χ2v) is 5.97. The Kier molecular flexibility index (Phi) is 4.35. The van der Waals surface area contributed by atoms with Crippen LogP contribution in [0.2, 0.25) is 0 Å². The van der Waals surface area contributed by atoms with E-state index in [0.29, 0.717) is 12.0 Å². The zero-order valence-electron chi connectivity index (χ0n) is 12.5. The molecule has 2 aromatic rings. The molecule has 0 amide bonds. The van der Waals surface area contributed by atoms with Crippen LogP contribution in [-0.4, -0.2) is 6.04 Å². The zero-order chi connectivity index (χ0) is 14.7. The van der Waals surface area contributed by atoms with Crippen LogP contribution in [0.4, 0.5) is 4.39 Å². The topological polar surface area (TPSA) is 12.0 Å². The molecular formula is C19H22FN. The molecule has 1 aliphatic rings. The van der Waals surface area contributed by atoms with Crippen molar-refractivity contribution in [3.63, 3.8) is 0 Å². The minimum absolute atomic E-state index is 0.125. The lowest BCUT2D eigenvalue weighted by molar-refractivity contribution is 0.289. The Balaban J connectivity index is 1.46. The highest BCUT2D eigenvalue weighted by Gasteiger charge is 2.29. The van der Waals surface area contributed by atoms with E-state index >= 15 is 0 Å². The third kappa shape index (κ3) is 3.51. The maximum Gasteiger partial charge on any atom is 0.123 e. The highest BCUT2D eigenvalue weighted by Crippen LogP contribution is 2.37. The van der Waals surface area contributed by atoms with Crippen LogP contribution in [0, 0.1) is 5.82 Å². The van der Waals surface area contributed by atoms with Gasteiger partial charge in [-0.3, -0.25) is 0 Å². The number of aryl methyl sites for hydroxylation is 1. The van der Waals surface area contributed by atoms with Gasteiger partial charge in [-0.05, 0) is 54.0 Å². The van der Waals surface area contributed by atoms with E-state index in [0.717, 1.165) is 31.4 Å². The molecule has 0 radical (unpaired) electrons. The van der Waals surface area contributed by atoms with Gasteiger partial charge in [0.1, 0.15) is 5.82 Å². The zero-order valence-corrected chi connectivity index (χ0v) is 12.5. The molecule has 0 bridgehead atoms. The highest BCUT2D eigenvalue weighted by atomic mass is 19.1. The largest absolute Gasteiger partial charge is 0.310 e. The van der Waals surface area contributed by atoms with Crippen LogP contribution in [0.25, 0.3) is 0 Å². The van der Waals surface area contributed by atoms with E-state index in [9.17, 15) is 4.39 Å². The Labute approximate surface area is 126 Å². The summed E-state index contributed by atoms with van der Waals surface area (Å²) in [5.74, 6) is 0.389. The molecule has 1 saturated carbocycles. The van der Waals surface area contributed by atoms with E-state index in [2.05, 4.69) is 36.5 Å². The summed E-state index contributed by atoms with van der Waals surface area (Å²) >= 11 is 0. The van der Waals surface area contributed by atoms with Crippen LogP contribution < -0.4 is 5.32 Å². The Hall–Kier alpha value is -1.67. The smallest absolute Gasteiger partial charge is 0.123 e. The predicted octanol–water partition coefficient (Wildman–Crippen LogP) is 4.42. The molecule has 0 unspecified atom stereocenters. The molecule has 110 valence electrons. The van der Waals surface area contributed by atoms with Crippen LogP contribution in [0.1, 0.15) is 42.4 Å². The maximum atomic E-state index is 13.2. The molecular weight excluding hydrogens is 261 g/mol. The number of halogens is 1. The van der Waals surface area contributed by atoms with Crippen LogP contribution in [0.5, 0.6) is 0 Å². The molecule has 1 nitrogen and oxygen atoms in total. The lowest BCUT2D eigenvalue weighted by atomic mass is 9.76. The summed E-state index contributed by atoms with van der Waals surface area (Å²) in [5.41, 5.74) is 3.86. The molecule has 2 heteroatoms. The van der Waals surface area contributed by atoms with Gasteiger partial charge in [0.15, 0.2) is 0 Å². The first kappa shape index (κ1) is 14.3. The van der Waals surface area contributed by atoms with E-state index in [4.69, 9.17) is 0 Å². The first-order chi connectivity index (χ1) is 10.2. The fraction of sp³-hybridized carbons (Fsp3) is 0.368. The Morgan fingerprint density at radius 3 is 2.43 bits per heavy atom. The first-order valence-electron chi connectivity index (χ1n) is 7.81. The summed E-state index contributed by atoms with van der Waals surface area (Å²) in [4.78, 5) is 0. The minimum atomic E-state index is -0.125. The number of hydrogen-bond donors (Lipinski definition) is 1. The second-order valence-electron chi connectivity index (χ2n) is 5.97. The van der Waals surface area contributed by atoms with Crippen LogP contribution >= 0.6 is 0 Å². The van der Waals surface area contributed by atoms with E-state index in [1.807, 2.05) is 6.07 Å². The standard InChI is InChI=1S/C19H22FN/c1-2-14-6-8-15(9-7-14)13-21-19-11-17(12-19)16-4-3-5-18(20)10-16/h3-10,17,19,21H,2,11-13H2,1H3. The molecule has 0 saturated heterocycles. The lowest BCUT2D eigenvalue weighted by Crippen LogP contribution is -2.39. The molecule has 1 aliphatic carbocycles. The van der Waals surface area contributed by atoms with Crippen molar-refractivity contribution in [1.29, 1.82) is 0 Å². The first-order valence-corrected chi connectivity index (χ1v) is 7.81. The highest BCUT2D eigenvalue weighted by molar-refractivity contribution is 5.25. The van der Waals surface area contributed by atoms with Crippen LogP contribution in [-0.2, 0) is 13.0 Å². The Morgan fingerprint density at radius 1 is 1.05 bits per heavy atom. The molecule has 0 atom stereocenters.